The molecule has 0 aromatic heterocycles. The Morgan fingerprint density at radius 1 is 1.18 bits per heavy atom. The minimum Gasteiger partial charge on any atom is -0.373 e. The second kappa shape index (κ2) is 6.91. The normalized spacial score (nSPS) is 10.4. The van der Waals surface area contributed by atoms with E-state index in [2.05, 4.69) is 29.4 Å². The van der Waals surface area contributed by atoms with Gasteiger partial charge in [0.05, 0.1) is 6.54 Å². The molecule has 94 valence electrons. The smallest absolute Gasteiger partial charge is 0.233 e. The Morgan fingerprint density at radius 3 is 2.41 bits per heavy atom. The molecular formula is C13H21N3O. The summed E-state index contributed by atoms with van der Waals surface area (Å²) in [5, 5.41) is 2.62. The van der Waals surface area contributed by atoms with Crippen LogP contribution < -0.4 is 10.2 Å². The van der Waals surface area contributed by atoms with Crippen LogP contribution in [0.4, 0.5) is 5.69 Å². The number of amides is 1. The van der Waals surface area contributed by atoms with Gasteiger partial charge in [-0.05, 0) is 19.2 Å². The van der Waals surface area contributed by atoms with Crippen molar-refractivity contribution >= 4 is 11.6 Å². The second-order valence-corrected chi connectivity index (χ2v) is 4.17. The summed E-state index contributed by atoms with van der Waals surface area (Å²) in [6, 6.07) is 10.2. The molecule has 0 bridgehead atoms. The van der Waals surface area contributed by atoms with E-state index >= 15 is 0 Å². The van der Waals surface area contributed by atoms with E-state index < -0.39 is 0 Å². The van der Waals surface area contributed by atoms with E-state index in [0.29, 0.717) is 6.54 Å². The minimum absolute atomic E-state index is 0.0508. The van der Waals surface area contributed by atoms with Gasteiger partial charge in [0, 0.05) is 32.9 Å². The molecule has 0 fully saturated rings. The molecule has 0 aliphatic heterocycles. The number of anilines is 1. The highest BCUT2D eigenvalue weighted by Crippen LogP contribution is 2.10. The molecule has 1 rings (SSSR count). The van der Waals surface area contributed by atoms with E-state index in [1.165, 1.54) is 5.69 Å². The largest absolute Gasteiger partial charge is 0.373 e. The van der Waals surface area contributed by atoms with E-state index in [-0.39, 0.29) is 5.91 Å². The summed E-state index contributed by atoms with van der Waals surface area (Å²) >= 11 is 0. The highest BCUT2D eigenvalue weighted by Gasteiger charge is 2.06. The average molecular weight is 235 g/mol. The molecule has 0 atom stereocenters. The number of para-hydroxylation sites is 1. The van der Waals surface area contributed by atoms with E-state index in [1.807, 2.05) is 30.1 Å². The predicted octanol–water partition coefficient (Wildman–Crippen LogP) is 0.801. The fraction of sp³-hybridized carbons (Fsp3) is 0.462. The molecule has 1 aromatic rings. The molecule has 0 aliphatic rings. The van der Waals surface area contributed by atoms with E-state index in [0.717, 1.165) is 13.1 Å². The van der Waals surface area contributed by atoms with Crippen LogP contribution in [-0.2, 0) is 4.79 Å². The minimum atomic E-state index is 0.0508. The van der Waals surface area contributed by atoms with Crippen molar-refractivity contribution < 1.29 is 4.79 Å². The van der Waals surface area contributed by atoms with Crippen LogP contribution in [0.15, 0.2) is 30.3 Å². The Hall–Kier alpha value is -1.55. The number of hydrogen-bond donors (Lipinski definition) is 1. The van der Waals surface area contributed by atoms with Gasteiger partial charge in [-0.3, -0.25) is 9.69 Å². The molecule has 4 nitrogen and oxygen atoms in total. The van der Waals surface area contributed by atoms with Crippen LogP contribution >= 0.6 is 0 Å². The number of carbonyl (C=O) groups excluding carboxylic acids is 1. The maximum absolute atomic E-state index is 11.2. The lowest BCUT2D eigenvalue weighted by Gasteiger charge is -2.23. The standard InChI is InChI=1S/C13H21N3O/c1-14-13(17)11-15(2)9-10-16(3)12-7-5-4-6-8-12/h4-8H,9-11H2,1-3H3,(H,14,17). The van der Waals surface area contributed by atoms with Gasteiger partial charge in [-0.2, -0.15) is 0 Å². The Morgan fingerprint density at radius 2 is 1.82 bits per heavy atom. The number of hydrogen-bond acceptors (Lipinski definition) is 3. The molecule has 0 aliphatic carbocycles. The first-order chi connectivity index (χ1) is 8.13. The van der Waals surface area contributed by atoms with Crippen molar-refractivity contribution in [3.05, 3.63) is 30.3 Å². The lowest BCUT2D eigenvalue weighted by atomic mass is 10.3. The zero-order chi connectivity index (χ0) is 12.7. The summed E-state index contributed by atoms with van der Waals surface area (Å²) in [5.41, 5.74) is 1.20. The molecule has 0 unspecified atom stereocenters. The highest BCUT2D eigenvalue weighted by atomic mass is 16.1. The third kappa shape index (κ3) is 4.87. The molecular weight excluding hydrogens is 214 g/mol. The molecule has 0 saturated carbocycles. The van der Waals surface area contributed by atoms with Crippen LogP contribution in [0.25, 0.3) is 0 Å². The van der Waals surface area contributed by atoms with Gasteiger partial charge in [-0.1, -0.05) is 18.2 Å². The first-order valence-corrected chi connectivity index (χ1v) is 5.79. The van der Waals surface area contributed by atoms with Crippen molar-refractivity contribution in [2.75, 3.05) is 45.7 Å². The number of likely N-dealkylation sites (N-methyl/N-ethyl adjacent to an activating group) is 3. The quantitative estimate of drug-likeness (QED) is 0.792. The number of rotatable bonds is 6. The highest BCUT2D eigenvalue weighted by molar-refractivity contribution is 5.77. The topological polar surface area (TPSA) is 35.6 Å². The van der Waals surface area contributed by atoms with Crippen molar-refractivity contribution in [1.82, 2.24) is 10.2 Å². The summed E-state index contributed by atoms with van der Waals surface area (Å²) in [6.07, 6.45) is 0. The maximum atomic E-state index is 11.2. The third-order valence-electron chi connectivity index (χ3n) is 2.71. The van der Waals surface area contributed by atoms with Gasteiger partial charge in [-0.25, -0.2) is 0 Å². The Labute approximate surface area is 103 Å². The Balaban J connectivity index is 2.33. The number of benzene rings is 1. The van der Waals surface area contributed by atoms with E-state index in [1.54, 1.807) is 7.05 Å². The fourth-order valence-electron chi connectivity index (χ4n) is 1.54. The molecule has 0 heterocycles. The Kier molecular flexibility index (Phi) is 5.49. The molecule has 4 heteroatoms. The number of nitrogens with one attached hydrogen (secondary N) is 1. The lowest BCUT2D eigenvalue weighted by Crippen LogP contribution is -2.37. The van der Waals surface area contributed by atoms with E-state index in [9.17, 15) is 4.79 Å². The van der Waals surface area contributed by atoms with Crippen molar-refractivity contribution in [2.24, 2.45) is 0 Å². The zero-order valence-corrected chi connectivity index (χ0v) is 10.8. The Bertz CT molecular complexity index is 340. The molecule has 17 heavy (non-hydrogen) atoms. The van der Waals surface area contributed by atoms with Crippen LogP contribution in [-0.4, -0.2) is 51.6 Å². The van der Waals surface area contributed by atoms with Crippen LogP contribution in [0.1, 0.15) is 0 Å². The van der Waals surface area contributed by atoms with Gasteiger partial charge in [0.1, 0.15) is 0 Å². The van der Waals surface area contributed by atoms with Crippen molar-refractivity contribution in [1.29, 1.82) is 0 Å². The van der Waals surface area contributed by atoms with Gasteiger partial charge in [-0.15, -0.1) is 0 Å². The summed E-state index contributed by atoms with van der Waals surface area (Å²) in [5.74, 6) is 0.0508. The van der Waals surface area contributed by atoms with Crippen molar-refractivity contribution in [2.45, 2.75) is 0 Å². The van der Waals surface area contributed by atoms with Crippen molar-refractivity contribution in [3.63, 3.8) is 0 Å². The molecule has 0 radical (unpaired) electrons. The lowest BCUT2D eigenvalue weighted by molar-refractivity contribution is -0.121. The third-order valence-corrected chi connectivity index (χ3v) is 2.71. The second-order valence-electron chi connectivity index (χ2n) is 4.17. The number of carbonyl (C=O) groups is 1. The van der Waals surface area contributed by atoms with Gasteiger partial charge in [0.15, 0.2) is 0 Å². The van der Waals surface area contributed by atoms with Crippen LogP contribution in [0, 0.1) is 0 Å². The molecule has 1 aromatic carbocycles. The van der Waals surface area contributed by atoms with Gasteiger partial charge in [0.25, 0.3) is 0 Å². The first kappa shape index (κ1) is 13.5. The zero-order valence-electron chi connectivity index (χ0n) is 10.8. The SMILES string of the molecule is CNC(=O)CN(C)CCN(C)c1ccccc1. The first-order valence-electron chi connectivity index (χ1n) is 5.79. The summed E-state index contributed by atoms with van der Waals surface area (Å²) < 4.78 is 0. The molecule has 0 saturated heterocycles. The van der Waals surface area contributed by atoms with Gasteiger partial charge >= 0.3 is 0 Å². The predicted molar refractivity (Wildman–Crippen MR) is 71.3 cm³/mol. The van der Waals surface area contributed by atoms with Crippen molar-refractivity contribution in [3.8, 4) is 0 Å². The number of nitrogens with zero attached hydrogens (tertiary/aromatic N) is 2. The summed E-state index contributed by atoms with van der Waals surface area (Å²) in [7, 11) is 5.67. The summed E-state index contributed by atoms with van der Waals surface area (Å²) in [6.45, 7) is 2.20. The fourth-order valence-corrected chi connectivity index (χ4v) is 1.54. The van der Waals surface area contributed by atoms with Crippen LogP contribution in [0.5, 0.6) is 0 Å². The van der Waals surface area contributed by atoms with Gasteiger partial charge < -0.3 is 10.2 Å². The van der Waals surface area contributed by atoms with Gasteiger partial charge in [0.2, 0.25) is 5.91 Å². The molecule has 1 amide bonds. The van der Waals surface area contributed by atoms with Crippen LogP contribution in [0.3, 0.4) is 0 Å². The van der Waals surface area contributed by atoms with Crippen LogP contribution in [0.2, 0.25) is 0 Å². The molecule has 1 N–H and O–H groups in total. The average Bonchev–Trinajstić information content (AvgIpc) is 2.36. The van der Waals surface area contributed by atoms with E-state index in [4.69, 9.17) is 0 Å². The molecule has 0 spiro atoms. The maximum Gasteiger partial charge on any atom is 0.233 e. The summed E-state index contributed by atoms with van der Waals surface area (Å²) in [4.78, 5) is 15.4. The monoisotopic (exact) mass is 235 g/mol.